The zero-order valence-electron chi connectivity index (χ0n) is 11.0. The normalized spacial score (nSPS) is 14.2. The van der Waals surface area contributed by atoms with Crippen LogP contribution in [-0.2, 0) is 6.42 Å². The van der Waals surface area contributed by atoms with Crippen LogP contribution < -0.4 is 0 Å². The van der Waals surface area contributed by atoms with Crippen molar-refractivity contribution in [2.45, 2.75) is 32.3 Å². The molecule has 0 saturated heterocycles. The van der Waals surface area contributed by atoms with E-state index in [1.54, 1.807) is 0 Å². The molecule has 0 saturated carbocycles. The van der Waals surface area contributed by atoms with Gasteiger partial charge in [0.25, 0.3) is 0 Å². The van der Waals surface area contributed by atoms with Crippen LogP contribution in [0, 0.1) is 6.92 Å². The topological polar surface area (TPSA) is 20.2 Å². The van der Waals surface area contributed by atoms with Gasteiger partial charge in [-0.1, -0.05) is 61.5 Å². The van der Waals surface area contributed by atoms with Crippen LogP contribution in [0.15, 0.2) is 54.6 Å². The van der Waals surface area contributed by atoms with E-state index in [0.29, 0.717) is 6.42 Å². The van der Waals surface area contributed by atoms with Crippen LogP contribution >= 0.6 is 0 Å². The monoisotopic (exact) mass is 240 g/mol. The Balaban J connectivity index is 2.09. The maximum Gasteiger partial charge on any atom is 0.0646 e. The fraction of sp³-hybridized carbons (Fsp3) is 0.294. The maximum atomic E-state index is 10.3. The Bertz CT molecular complexity index is 490. The second-order valence-corrected chi connectivity index (χ2v) is 4.90. The Labute approximate surface area is 109 Å². The molecular formula is C17H20O. The molecule has 2 rings (SSSR count). The van der Waals surface area contributed by atoms with Crippen molar-refractivity contribution in [1.82, 2.24) is 0 Å². The van der Waals surface area contributed by atoms with Crippen molar-refractivity contribution >= 4 is 0 Å². The number of rotatable bonds is 4. The maximum absolute atomic E-state index is 10.3. The Kier molecular flexibility index (Phi) is 4.16. The summed E-state index contributed by atoms with van der Waals surface area (Å²) >= 11 is 0. The molecule has 1 N–H and O–H groups in total. The van der Waals surface area contributed by atoms with E-state index in [2.05, 4.69) is 38.1 Å². The molecule has 2 aromatic rings. The Morgan fingerprint density at radius 3 is 2.22 bits per heavy atom. The number of aliphatic hydroxyl groups excluding tert-OH is 1. The zero-order valence-corrected chi connectivity index (χ0v) is 11.0. The van der Waals surface area contributed by atoms with E-state index in [9.17, 15) is 5.11 Å². The Morgan fingerprint density at radius 2 is 1.56 bits per heavy atom. The quantitative estimate of drug-likeness (QED) is 0.864. The third kappa shape index (κ3) is 2.99. The highest BCUT2D eigenvalue weighted by atomic mass is 16.3. The fourth-order valence-electron chi connectivity index (χ4n) is 2.22. The summed E-state index contributed by atoms with van der Waals surface area (Å²) in [5.74, 6) is 0.158. The molecule has 0 spiro atoms. The highest BCUT2D eigenvalue weighted by Gasteiger charge is 2.16. The Morgan fingerprint density at radius 1 is 0.944 bits per heavy atom. The van der Waals surface area contributed by atoms with E-state index in [-0.39, 0.29) is 12.0 Å². The third-order valence-electron chi connectivity index (χ3n) is 3.59. The predicted molar refractivity (Wildman–Crippen MR) is 75.7 cm³/mol. The van der Waals surface area contributed by atoms with Gasteiger partial charge in [-0.15, -0.1) is 0 Å². The highest BCUT2D eigenvalue weighted by molar-refractivity contribution is 5.27. The first-order chi connectivity index (χ1) is 8.68. The van der Waals surface area contributed by atoms with E-state index in [1.165, 1.54) is 16.7 Å². The first kappa shape index (κ1) is 12.8. The van der Waals surface area contributed by atoms with E-state index in [4.69, 9.17) is 0 Å². The molecule has 0 fully saturated rings. The van der Waals surface area contributed by atoms with Gasteiger partial charge in [0.15, 0.2) is 0 Å². The van der Waals surface area contributed by atoms with Crippen molar-refractivity contribution in [3.05, 3.63) is 71.3 Å². The van der Waals surface area contributed by atoms with Crippen molar-refractivity contribution < 1.29 is 5.11 Å². The van der Waals surface area contributed by atoms with Gasteiger partial charge in [-0.05, 0) is 30.0 Å². The van der Waals surface area contributed by atoms with Gasteiger partial charge >= 0.3 is 0 Å². The molecule has 0 amide bonds. The average Bonchev–Trinajstić information content (AvgIpc) is 2.41. The van der Waals surface area contributed by atoms with Gasteiger partial charge in [0, 0.05) is 5.92 Å². The second kappa shape index (κ2) is 5.83. The molecule has 0 aliphatic carbocycles. The zero-order chi connectivity index (χ0) is 13.0. The van der Waals surface area contributed by atoms with Crippen molar-refractivity contribution in [3.63, 3.8) is 0 Å². The summed E-state index contributed by atoms with van der Waals surface area (Å²) in [6.07, 6.45) is 0.372. The van der Waals surface area contributed by atoms with Crippen molar-refractivity contribution in [3.8, 4) is 0 Å². The van der Waals surface area contributed by atoms with Gasteiger partial charge in [0.05, 0.1) is 6.10 Å². The Hall–Kier alpha value is -1.60. The lowest BCUT2D eigenvalue weighted by Crippen LogP contribution is -2.19. The predicted octanol–water partition coefficient (Wildman–Crippen LogP) is 3.70. The molecule has 2 aromatic carbocycles. The van der Waals surface area contributed by atoms with E-state index in [0.717, 1.165) is 0 Å². The van der Waals surface area contributed by atoms with Gasteiger partial charge in [-0.25, -0.2) is 0 Å². The first-order valence-electron chi connectivity index (χ1n) is 6.46. The van der Waals surface area contributed by atoms with Gasteiger partial charge in [-0.3, -0.25) is 0 Å². The molecule has 0 radical (unpaired) electrons. The van der Waals surface area contributed by atoms with Gasteiger partial charge in [-0.2, -0.15) is 0 Å². The third-order valence-corrected chi connectivity index (χ3v) is 3.59. The van der Waals surface area contributed by atoms with Gasteiger partial charge in [0.2, 0.25) is 0 Å². The largest absolute Gasteiger partial charge is 0.392 e. The minimum absolute atomic E-state index is 0.158. The summed E-state index contributed by atoms with van der Waals surface area (Å²) in [5.41, 5.74) is 3.67. The summed E-state index contributed by atoms with van der Waals surface area (Å²) in [7, 11) is 0. The SMILES string of the molecule is Cc1ccccc1CC(O)C(C)c1ccccc1. The molecule has 0 heterocycles. The number of benzene rings is 2. The van der Waals surface area contributed by atoms with E-state index in [1.807, 2.05) is 30.3 Å². The molecule has 0 aliphatic rings. The van der Waals surface area contributed by atoms with E-state index >= 15 is 0 Å². The van der Waals surface area contributed by atoms with Crippen LogP contribution in [0.3, 0.4) is 0 Å². The van der Waals surface area contributed by atoms with E-state index < -0.39 is 0 Å². The summed E-state index contributed by atoms with van der Waals surface area (Å²) in [4.78, 5) is 0. The lowest BCUT2D eigenvalue weighted by molar-refractivity contribution is 0.149. The average molecular weight is 240 g/mol. The lowest BCUT2D eigenvalue weighted by Gasteiger charge is -2.20. The molecule has 2 unspecified atom stereocenters. The molecule has 94 valence electrons. The standard InChI is InChI=1S/C17H20O/c1-13-8-6-7-11-16(13)12-17(18)14(2)15-9-4-3-5-10-15/h3-11,14,17-18H,12H2,1-2H3. The van der Waals surface area contributed by atoms with Crippen LogP contribution in [0.5, 0.6) is 0 Å². The smallest absolute Gasteiger partial charge is 0.0646 e. The van der Waals surface area contributed by atoms with Crippen LogP contribution in [-0.4, -0.2) is 11.2 Å². The van der Waals surface area contributed by atoms with Gasteiger partial charge in [0.1, 0.15) is 0 Å². The van der Waals surface area contributed by atoms with Crippen LogP contribution in [0.1, 0.15) is 29.5 Å². The number of aryl methyl sites for hydroxylation is 1. The molecule has 18 heavy (non-hydrogen) atoms. The summed E-state index contributed by atoms with van der Waals surface area (Å²) in [6.45, 7) is 4.17. The van der Waals surface area contributed by atoms with Crippen molar-refractivity contribution in [2.24, 2.45) is 0 Å². The summed E-state index contributed by atoms with van der Waals surface area (Å²) in [6, 6.07) is 18.4. The second-order valence-electron chi connectivity index (χ2n) is 4.90. The van der Waals surface area contributed by atoms with Gasteiger partial charge < -0.3 is 5.11 Å². The van der Waals surface area contributed by atoms with Crippen LogP contribution in [0.4, 0.5) is 0 Å². The molecule has 2 atom stereocenters. The minimum atomic E-state index is -0.339. The lowest BCUT2D eigenvalue weighted by atomic mass is 9.90. The fourth-order valence-corrected chi connectivity index (χ4v) is 2.22. The van der Waals surface area contributed by atoms with Crippen LogP contribution in [0.2, 0.25) is 0 Å². The molecule has 1 nitrogen and oxygen atoms in total. The van der Waals surface area contributed by atoms with Crippen molar-refractivity contribution in [1.29, 1.82) is 0 Å². The van der Waals surface area contributed by atoms with Crippen LogP contribution in [0.25, 0.3) is 0 Å². The molecule has 1 heteroatoms. The number of aliphatic hydroxyl groups is 1. The number of hydrogen-bond acceptors (Lipinski definition) is 1. The van der Waals surface area contributed by atoms with Crippen molar-refractivity contribution in [2.75, 3.05) is 0 Å². The molecular weight excluding hydrogens is 220 g/mol. The summed E-state index contributed by atoms with van der Waals surface area (Å²) < 4.78 is 0. The minimum Gasteiger partial charge on any atom is -0.392 e. The summed E-state index contributed by atoms with van der Waals surface area (Å²) in [5, 5.41) is 10.3. The molecule has 0 bridgehead atoms. The molecule has 0 aromatic heterocycles. The molecule has 0 aliphatic heterocycles. The number of hydrogen-bond donors (Lipinski definition) is 1. The first-order valence-corrected chi connectivity index (χ1v) is 6.46. The highest BCUT2D eigenvalue weighted by Crippen LogP contribution is 2.22.